The molecule has 18 heavy (non-hydrogen) atoms. The summed E-state index contributed by atoms with van der Waals surface area (Å²) in [5, 5.41) is 0.355. The van der Waals surface area contributed by atoms with E-state index >= 15 is 0 Å². The third kappa shape index (κ3) is 3.11. The van der Waals surface area contributed by atoms with E-state index < -0.39 is 0 Å². The number of anilines is 2. The lowest BCUT2D eigenvalue weighted by Crippen LogP contribution is -2.18. The number of rotatable bonds is 3. The van der Waals surface area contributed by atoms with Crippen molar-refractivity contribution in [1.29, 1.82) is 0 Å². The molecule has 0 radical (unpaired) electrons. The van der Waals surface area contributed by atoms with Gasteiger partial charge in [0.25, 0.3) is 0 Å². The van der Waals surface area contributed by atoms with Crippen molar-refractivity contribution < 1.29 is 0 Å². The standard InChI is InChI=1S/C13H15ClN4/c1-9-3-5-10(6-4-9)8-18(2)12-7-11(14)16-13(15)17-12/h3-7H,8H2,1-2H3,(H2,15,16,17). The molecule has 0 atom stereocenters. The Labute approximate surface area is 111 Å². The number of nitrogen functional groups attached to an aromatic ring is 1. The van der Waals surface area contributed by atoms with Gasteiger partial charge in [0.15, 0.2) is 0 Å². The van der Waals surface area contributed by atoms with Gasteiger partial charge < -0.3 is 10.6 Å². The lowest BCUT2D eigenvalue weighted by Gasteiger charge is -2.18. The molecule has 2 aromatic rings. The van der Waals surface area contributed by atoms with Gasteiger partial charge in [0, 0.05) is 19.7 Å². The van der Waals surface area contributed by atoms with E-state index in [0.717, 1.165) is 6.54 Å². The maximum Gasteiger partial charge on any atom is 0.223 e. The zero-order chi connectivity index (χ0) is 13.1. The second kappa shape index (κ2) is 5.23. The quantitative estimate of drug-likeness (QED) is 0.864. The molecule has 1 aromatic carbocycles. The summed E-state index contributed by atoms with van der Waals surface area (Å²) in [7, 11) is 1.94. The van der Waals surface area contributed by atoms with E-state index in [1.807, 2.05) is 11.9 Å². The van der Waals surface area contributed by atoms with Gasteiger partial charge in [-0.15, -0.1) is 0 Å². The summed E-state index contributed by atoms with van der Waals surface area (Å²) in [6.45, 7) is 2.81. The number of aryl methyl sites for hydroxylation is 1. The van der Waals surface area contributed by atoms with E-state index in [4.69, 9.17) is 17.3 Å². The van der Waals surface area contributed by atoms with Crippen molar-refractivity contribution in [2.75, 3.05) is 17.7 Å². The molecular weight excluding hydrogens is 248 g/mol. The van der Waals surface area contributed by atoms with Gasteiger partial charge in [-0.3, -0.25) is 0 Å². The maximum absolute atomic E-state index is 5.86. The van der Waals surface area contributed by atoms with Gasteiger partial charge >= 0.3 is 0 Å². The minimum atomic E-state index is 0.188. The average molecular weight is 263 g/mol. The zero-order valence-electron chi connectivity index (χ0n) is 10.4. The third-order valence-electron chi connectivity index (χ3n) is 2.63. The van der Waals surface area contributed by atoms with Gasteiger partial charge in [-0.2, -0.15) is 4.98 Å². The van der Waals surface area contributed by atoms with Gasteiger partial charge in [0.1, 0.15) is 11.0 Å². The van der Waals surface area contributed by atoms with Crippen LogP contribution in [0, 0.1) is 6.92 Å². The molecule has 0 fully saturated rings. The minimum absolute atomic E-state index is 0.188. The van der Waals surface area contributed by atoms with Crippen molar-refractivity contribution in [2.24, 2.45) is 0 Å². The van der Waals surface area contributed by atoms with E-state index in [0.29, 0.717) is 11.0 Å². The molecular formula is C13H15ClN4. The largest absolute Gasteiger partial charge is 0.368 e. The summed E-state index contributed by atoms with van der Waals surface area (Å²) in [6, 6.07) is 10.1. The summed E-state index contributed by atoms with van der Waals surface area (Å²) >= 11 is 5.86. The molecule has 0 aliphatic heterocycles. The monoisotopic (exact) mass is 262 g/mol. The predicted molar refractivity (Wildman–Crippen MR) is 74.7 cm³/mol. The molecule has 0 unspecified atom stereocenters. The molecule has 1 heterocycles. The van der Waals surface area contributed by atoms with Gasteiger partial charge in [-0.05, 0) is 12.5 Å². The highest BCUT2D eigenvalue weighted by atomic mass is 35.5. The number of halogens is 1. The molecule has 1 aromatic heterocycles. The Morgan fingerprint density at radius 1 is 1.22 bits per heavy atom. The van der Waals surface area contributed by atoms with Gasteiger partial charge in [0.2, 0.25) is 5.95 Å². The van der Waals surface area contributed by atoms with Crippen molar-refractivity contribution in [3.8, 4) is 0 Å². The summed E-state index contributed by atoms with van der Waals surface area (Å²) in [5.74, 6) is 0.904. The van der Waals surface area contributed by atoms with Crippen molar-refractivity contribution in [3.05, 3.63) is 46.6 Å². The Hall–Kier alpha value is -1.81. The van der Waals surface area contributed by atoms with Crippen LogP contribution >= 0.6 is 11.6 Å². The Morgan fingerprint density at radius 3 is 2.50 bits per heavy atom. The zero-order valence-corrected chi connectivity index (χ0v) is 11.1. The van der Waals surface area contributed by atoms with Crippen LogP contribution in [-0.4, -0.2) is 17.0 Å². The molecule has 0 spiro atoms. The van der Waals surface area contributed by atoms with Crippen LogP contribution in [0.2, 0.25) is 5.15 Å². The number of hydrogen-bond donors (Lipinski definition) is 1. The molecule has 5 heteroatoms. The van der Waals surface area contributed by atoms with Gasteiger partial charge in [0.05, 0.1) is 0 Å². The van der Waals surface area contributed by atoms with Crippen molar-refractivity contribution >= 4 is 23.4 Å². The Bertz CT molecular complexity index is 519. The average Bonchev–Trinajstić information content (AvgIpc) is 2.31. The molecule has 2 rings (SSSR count). The molecule has 0 aliphatic rings. The number of hydrogen-bond acceptors (Lipinski definition) is 4. The number of nitrogens with zero attached hydrogens (tertiary/aromatic N) is 3. The lowest BCUT2D eigenvalue weighted by atomic mass is 10.1. The first kappa shape index (κ1) is 12.6. The van der Waals surface area contributed by atoms with Crippen LogP contribution in [0.1, 0.15) is 11.1 Å². The molecule has 0 amide bonds. The smallest absolute Gasteiger partial charge is 0.223 e. The van der Waals surface area contributed by atoms with E-state index in [2.05, 4.69) is 41.2 Å². The van der Waals surface area contributed by atoms with Crippen molar-refractivity contribution in [2.45, 2.75) is 13.5 Å². The van der Waals surface area contributed by atoms with E-state index in [1.54, 1.807) is 6.07 Å². The summed E-state index contributed by atoms with van der Waals surface area (Å²) < 4.78 is 0. The second-order valence-electron chi connectivity index (χ2n) is 4.25. The van der Waals surface area contributed by atoms with Crippen LogP contribution in [0.25, 0.3) is 0 Å². The summed E-state index contributed by atoms with van der Waals surface area (Å²) in [5.41, 5.74) is 8.03. The molecule has 0 saturated heterocycles. The van der Waals surface area contributed by atoms with Crippen LogP contribution < -0.4 is 10.6 Å². The van der Waals surface area contributed by atoms with Gasteiger partial charge in [-0.25, -0.2) is 4.98 Å². The number of nitrogens with two attached hydrogens (primary N) is 1. The first-order valence-corrected chi connectivity index (χ1v) is 5.99. The normalized spacial score (nSPS) is 10.4. The Morgan fingerprint density at radius 2 is 1.89 bits per heavy atom. The highest BCUT2D eigenvalue weighted by Gasteiger charge is 2.06. The molecule has 2 N–H and O–H groups in total. The molecule has 0 saturated carbocycles. The van der Waals surface area contributed by atoms with Crippen molar-refractivity contribution in [1.82, 2.24) is 9.97 Å². The molecule has 94 valence electrons. The number of aromatic nitrogens is 2. The van der Waals surface area contributed by atoms with E-state index in [-0.39, 0.29) is 5.95 Å². The molecule has 0 bridgehead atoms. The van der Waals surface area contributed by atoms with Crippen LogP contribution in [0.5, 0.6) is 0 Å². The van der Waals surface area contributed by atoms with Crippen LogP contribution in [-0.2, 0) is 6.54 Å². The Balaban J connectivity index is 2.16. The lowest BCUT2D eigenvalue weighted by molar-refractivity contribution is 0.893. The molecule has 4 nitrogen and oxygen atoms in total. The fourth-order valence-corrected chi connectivity index (χ4v) is 1.85. The van der Waals surface area contributed by atoms with Crippen molar-refractivity contribution in [3.63, 3.8) is 0 Å². The summed E-state index contributed by atoms with van der Waals surface area (Å²) in [6.07, 6.45) is 0. The highest BCUT2D eigenvalue weighted by molar-refractivity contribution is 6.29. The fourth-order valence-electron chi connectivity index (χ4n) is 1.67. The minimum Gasteiger partial charge on any atom is -0.368 e. The van der Waals surface area contributed by atoms with E-state index in [1.165, 1.54) is 11.1 Å². The Kier molecular flexibility index (Phi) is 3.67. The second-order valence-corrected chi connectivity index (χ2v) is 4.64. The number of benzene rings is 1. The first-order valence-electron chi connectivity index (χ1n) is 5.61. The SMILES string of the molecule is Cc1ccc(CN(C)c2cc(Cl)nc(N)n2)cc1. The maximum atomic E-state index is 5.86. The van der Waals surface area contributed by atoms with Crippen LogP contribution in [0.4, 0.5) is 11.8 Å². The highest BCUT2D eigenvalue weighted by Crippen LogP contribution is 2.17. The van der Waals surface area contributed by atoms with Crippen LogP contribution in [0.3, 0.4) is 0 Å². The van der Waals surface area contributed by atoms with Crippen LogP contribution in [0.15, 0.2) is 30.3 Å². The van der Waals surface area contributed by atoms with E-state index in [9.17, 15) is 0 Å². The molecule has 0 aliphatic carbocycles. The van der Waals surface area contributed by atoms with Gasteiger partial charge in [-0.1, -0.05) is 41.4 Å². The third-order valence-corrected chi connectivity index (χ3v) is 2.82. The summed E-state index contributed by atoms with van der Waals surface area (Å²) in [4.78, 5) is 9.98. The fraction of sp³-hybridized carbons (Fsp3) is 0.231. The predicted octanol–water partition coefficient (Wildman–Crippen LogP) is 2.66. The first-order chi connectivity index (χ1) is 8.54. The topological polar surface area (TPSA) is 55.0 Å².